The van der Waals surface area contributed by atoms with Crippen molar-refractivity contribution in [3.8, 4) is 5.75 Å². The summed E-state index contributed by atoms with van der Waals surface area (Å²) in [5.74, 6) is 1.53. The second kappa shape index (κ2) is 10.6. The fourth-order valence-corrected chi connectivity index (χ4v) is 4.16. The van der Waals surface area contributed by atoms with Crippen molar-refractivity contribution in [3.05, 3.63) is 64.7 Å². The highest BCUT2D eigenvalue weighted by Gasteiger charge is 2.34. The highest BCUT2D eigenvalue weighted by molar-refractivity contribution is 5.37. The number of hydrogen-bond donors (Lipinski definition) is 2. The predicted molar refractivity (Wildman–Crippen MR) is 127 cm³/mol. The van der Waals surface area contributed by atoms with Crippen LogP contribution in [0.3, 0.4) is 0 Å². The van der Waals surface area contributed by atoms with Gasteiger partial charge in [-0.25, -0.2) is 0 Å². The molecule has 170 valence electrons. The van der Waals surface area contributed by atoms with E-state index in [9.17, 15) is 5.11 Å². The summed E-state index contributed by atoms with van der Waals surface area (Å²) in [5, 5.41) is 14.1. The third kappa shape index (κ3) is 7.06. The monoisotopic (exact) mass is 425 g/mol. The summed E-state index contributed by atoms with van der Waals surface area (Å²) in [5.41, 5.74) is 4.81. The average Bonchev–Trinajstić information content (AvgIpc) is 3.55. The second-order valence-corrected chi connectivity index (χ2v) is 9.58. The van der Waals surface area contributed by atoms with Gasteiger partial charge >= 0.3 is 0 Å². The van der Waals surface area contributed by atoms with Crippen LogP contribution in [-0.4, -0.2) is 36.5 Å². The summed E-state index contributed by atoms with van der Waals surface area (Å²) in [4.78, 5) is 0. The Hall–Kier alpha value is -1.88. The molecule has 0 heterocycles. The van der Waals surface area contributed by atoms with Gasteiger partial charge in [-0.05, 0) is 88.1 Å². The van der Waals surface area contributed by atoms with E-state index in [2.05, 4.69) is 75.5 Å². The van der Waals surface area contributed by atoms with Crippen LogP contribution in [0.5, 0.6) is 5.75 Å². The van der Waals surface area contributed by atoms with Gasteiger partial charge in [0.05, 0.1) is 25.4 Å². The minimum Gasteiger partial charge on any atom is -0.494 e. The number of benzene rings is 2. The van der Waals surface area contributed by atoms with Gasteiger partial charge in [0.2, 0.25) is 0 Å². The first-order chi connectivity index (χ1) is 14.8. The lowest BCUT2D eigenvalue weighted by Gasteiger charge is -2.29. The molecule has 2 aromatic rings. The van der Waals surface area contributed by atoms with Gasteiger partial charge in [0.15, 0.2) is 0 Å². The maximum absolute atomic E-state index is 10.6. The van der Waals surface area contributed by atoms with Crippen LogP contribution in [-0.2, 0) is 11.2 Å². The third-order valence-corrected chi connectivity index (χ3v) is 6.01. The van der Waals surface area contributed by atoms with E-state index in [4.69, 9.17) is 9.47 Å². The third-order valence-electron chi connectivity index (χ3n) is 6.01. The highest BCUT2D eigenvalue weighted by atomic mass is 16.5. The Morgan fingerprint density at radius 1 is 1.10 bits per heavy atom. The zero-order chi connectivity index (χ0) is 22.4. The predicted octanol–water partition coefficient (Wildman–Crippen LogP) is 5.14. The van der Waals surface area contributed by atoms with E-state index in [-0.39, 0.29) is 11.6 Å². The van der Waals surface area contributed by atoms with Crippen molar-refractivity contribution in [2.24, 2.45) is 5.92 Å². The van der Waals surface area contributed by atoms with E-state index in [1.807, 2.05) is 6.92 Å². The molecule has 0 amide bonds. The summed E-state index contributed by atoms with van der Waals surface area (Å²) < 4.78 is 11.9. The van der Waals surface area contributed by atoms with Crippen LogP contribution in [0.4, 0.5) is 0 Å². The van der Waals surface area contributed by atoms with E-state index in [1.165, 1.54) is 29.5 Å². The van der Waals surface area contributed by atoms with Gasteiger partial charge in [-0.2, -0.15) is 0 Å². The summed E-state index contributed by atoms with van der Waals surface area (Å²) in [6, 6.07) is 14.8. The molecule has 0 saturated heterocycles. The summed E-state index contributed by atoms with van der Waals surface area (Å²) >= 11 is 0. The molecule has 2 aromatic carbocycles. The number of β-amino-alcohol motifs (C(OH)–C–C–N with tert-alkyl or cyclic N) is 1. The maximum atomic E-state index is 10.6. The van der Waals surface area contributed by atoms with Crippen LogP contribution in [0.25, 0.3) is 0 Å². The van der Waals surface area contributed by atoms with Gasteiger partial charge in [-0.3, -0.25) is 0 Å². The van der Waals surface area contributed by atoms with Crippen molar-refractivity contribution >= 4 is 0 Å². The molecule has 1 aliphatic rings. The highest BCUT2D eigenvalue weighted by Crippen LogP contribution is 2.44. The molecule has 0 aromatic heterocycles. The van der Waals surface area contributed by atoms with Gasteiger partial charge < -0.3 is 19.9 Å². The molecular weight excluding hydrogens is 386 g/mol. The SMILES string of the molecule is CCOc1ccc(CC(C)(C)NC[C@@H](O)CO[C@@H](c2ccccc2C)C2CC2)cc1C. The molecule has 3 rings (SSSR count). The quantitative estimate of drug-likeness (QED) is 0.494. The lowest BCUT2D eigenvalue weighted by atomic mass is 9.93. The van der Waals surface area contributed by atoms with E-state index in [0.29, 0.717) is 25.7 Å². The lowest BCUT2D eigenvalue weighted by molar-refractivity contribution is -0.0213. The number of nitrogens with one attached hydrogen (secondary N) is 1. The first kappa shape index (κ1) is 23.8. The summed E-state index contributed by atoms with van der Waals surface area (Å²) in [6.45, 7) is 12.1. The Bertz CT molecular complexity index is 844. The molecule has 0 radical (unpaired) electrons. The first-order valence-electron chi connectivity index (χ1n) is 11.6. The van der Waals surface area contributed by atoms with Crippen LogP contribution in [0.15, 0.2) is 42.5 Å². The Balaban J connectivity index is 1.49. The van der Waals surface area contributed by atoms with Gasteiger partial charge in [0.1, 0.15) is 5.75 Å². The van der Waals surface area contributed by atoms with E-state index < -0.39 is 6.10 Å². The van der Waals surface area contributed by atoms with Gasteiger partial charge in [0, 0.05) is 12.1 Å². The van der Waals surface area contributed by atoms with Crippen molar-refractivity contribution in [2.75, 3.05) is 19.8 Å². The number of hydrogen-bond acceptors (Lipinski definition) is 4. The summed E-state index contributed by atoms with van der Waals surface area (Å²) in [6.07, 6.45) is 2.85. The zero-order valence-corrected chi connectivity index (χ0v) is 19.8. The van der Waals surface area contributed by atoms with Crippen molar-refractivity contribution in [3.63, 3.8) is 0 Å². The van der Waals surface area contributed by atoms with Crippen LogP contribution in [0.1, 0.15) is 62.0 Å². The number of ether oxygens (including phenoxy) is 2. The molecule has 0 unspecified atom stereocenters. The molecule has 0 aliphatic heterocycles. The average molecular weight is 426 g/mol. The van der Waals surface area contributed by atoms with Crippen molar-refractivity contribution in [1.82, 2.24) is 5.32 Å². The lowest BCUT2D eigenvalue weighted by Crippen LogP contribution is -2.46. The van der Waals surface area contributed by atoms with E-state index in [0.717, 1.165) is 17.7 Å². The van der Waals surface area contributed by atoms with Gasteiger partial charge in [-0.1, -0.05) is 36.4 Å². The minimum absolute atomic E-state index is 0.0932. The molecule has 0 bridgehead atoms. The molecule has 2 atom stereocenters. The number of aliphatic hydroxyl groups is 1. The van der Waals surface area contributed by atoms with Crippen LogP contribution >= 0.6 is 0 Å². The largest absolute Gasteiger partial charge is 0.494 e. The Kier molecular flexibility index (Phi) is 8.15. The number of aliphatic hydroxyl groups excluding tert-OH is 1. The fourth-order valence-electron chi connectivity index (χ4n) is 4.16. The zero-order valence-electron chi connectivity index (χ0n) is 19.8. The first-order valence-corrected chi connectivity index (χ1v) is 11.6. The molecule has 4 heteroatoms. The second-order valence-electron chi connectivity index (χ2n) is 9.58. The molecule has 31 heavy (non-hydrogen) atoms. The molecule has 0 spiro atoms. The summed E-state index contributed by atoms with van der Waals surface area (Å²) in [7, 11) is 0. The number of rotatable bonds is 12. The van der Waals surface area contributed by atoms with Gasteiger partial charge in [-0.15, -0.1) is 0 Å². The van der Waals surface area contributed by atoms with Crippen LogP contribution < -0.4 is 10.1 Å². The molecule has 1 aliphatic carbocycles. The van der Waals surface area contributed by atoms with Crippen molar-refractivity contribution in [2.45, 2.75) is 71.6 Å². The minimum atomic E-state index is -0.536. The Labute approximate surface area is 188 Å². The van der Waals surface area contributed by atoms with E-state index in [1.54, 1.807) is 0 Å². The fraction of sp³-hybridized carbons (Fsp3) is 0.556. The molecule has 2 N–H and O–H groups in total. The van der Waals surface area contributed by atoms with Crippen LogP contribution in [0.2, 0.25) is 0 Å². The molecular formula is C27H39NO3. The Morgan fingerprint density at radius 3 is 2.48 bits per heavy atom. The van der Waals surface area contributed by atoms with Crippen molar-refractivity contribution in [1.29, 1.82) is 0 Å². The smallest absolute Gasteiger partial charge is 0.122 e. The topological polar surface area (TPSA) is 50.7 Å². The maximum Gasteiger partial charge on any atom is 0.122 e. The molecule has 1 saturated carbocycles. The molecule has 4 nitrogen and oxygen atoms in total. The van der Waals surface area contributed by atoms with Crippen molar-refractivity contribution < 1.29 is 14.6 Å². The van der Waals surface area contributed by atoms with Gasteiger partial charge in [0.25, 0.3) is 0 Å². The standard InChI is InChI=1S/C27H39NO3/c1-6-30-25-14-11-21(15-20(25)3)16-27(4,5)28-17-23(29)18-31-26(22-12-13-22)24-10-8-7-9-19(24)2/h7-11,14-15,22-23,26,28-29H,6,12-13,16-18H2,1-5H3/t23-,26-/m1/s1. The molecule has 1 fully saturated rings. The van der Waals surface area contributed by atoms with Crippen LogP contribution in [0, 0.1) is 19.8 Å². The normalized spacial score (nSPS) is 16.2. The van der Waals surface area contributed by atoms with E-state index >= 15 is 0 Å². The number of aryl methyl sites for hydroxylation is 2. The Morgan fingerprint density at radius 2 is 1.84 bits per heavy atom.